The maximum absolute atomic E-state index is 12.6. The molecule has 0 spiro atoms. The third kappa shape index (κ3) is 4.55. The number of pyridine rings is 1. The van der Waals surface area contributed by atoms with Crippen LogP contribution in [0.3, 0.4) is 0 Å². The van der Waals surface area contributed by atoms with Crippen LogP contribution in [0.4, 0.5) is 13.2 Å². The average molecular weight is 335 g/mol. The molecule has 1 aliphatic heterocycles. The Hall–Kier alpha value is -1.92. The lowest BCUT2D eigenvalue weighted by Gasteiger charge is -2.34. The summed E-state index contributed by atoms with van der Waals surface area (Å²) in [5.74, 6) is 0. The molecule has 1 aromatic carbocycles. The summed E-state index contributed by atoms with van der Waals surface area (Å²) < 4.78 is 37.7. The third-order valence-corrected chi connectivity index (χ3v) is 4.31. The van der Waals surface area contributed by atoms with Crippen molar-refractivity contribution in [1.29, 1.82) is 0 Å². The maximum Gasteiger partial charge on any atom is 0.416 e. The van der Waals surface area contributed by atoms with Gasteiger partial charge in [-0.15, -0.1) is 0 Å². The van der Waals surface area contributed by atoms with E-state index in [0.29, 0.717) is 6.54 Å². The van der Waals surface area contributed by atoms with Gasteiger partial charge in [-0.05, 0) is 35.4 Å². The van der Waals surface area contributed by atoms with Gasteiger partial charge in [0.25, 0.3) is 0 Å². The lowest BCUT2D eigenvalue weighted by Crippen LogP contribution is -2.45. The van der Waals surface area contributed by atoms with Crippen LogP contribution in [0.25, 0.3) is 0 Å². The van der Waals surface area contributed by atoms with Crippen LogP contribution < -0.4 is 0 Å². The van der Waals surface area contributed by atoms with Crippen LogP contribution in [0.1, 0.15) is 16.7 Å². The van der Waals surface area contributed by atoms with E-state index in [1.165, 1.54) is 5.56 Å². The van der Waals surface area contributed by atoms with E-state index in [9.17, 15) is 13.2 Å². The zero-order chi connectivity index (χ0) is 17.0. The number of rotatable bonds is 4. The molecule has 1 aliphatic rings. The van der Waals surface area contributed by atoms with Crippen LogP contribution in [0.5, 0.6) is 0 Å². The highest BCUT2D eigenvalue weighted by atomic mass is 19.4. The van der Waals surface area contributed by atoms with E-state index in [0.717, 1.165) is 50.4 Å². The summed E-state index contributed by atoms with van der Waals surface area (Å²) in [6, 6.07) is 9.52. The van der Waals surface area contributed by atoms with Crippen LogP contribution in [-0.4, -0.2) is 41.0 Å². The van der Waals surface area contributed by atoms with Crippen LogP contribution in [0.15, 0.2) is 48.8 Å². The number of alkyl halides is 3. The Morgan fingerprint density at radius 2 is 1.21 bits per heavy atom. The second kappa shape index (κ2) is 7.32. The molecule has 0 atom stereocenters. The number of aromatic nitrogens is 1. The Kier molecular flexibility index (Phi) is 5.16. The van der Waals surface area contributed by atoms with Crippen molar-refractivity contribution in [2.75, 3.05) is 26.2 Å². The molecule has 0 N–H and O–H groups in total. The summed E-state index contributed by atoms with van der Waals surface area (Å²) in [5.41, 5.74) is 1.58. The zero-order valence-corrected chi connectivity index (χ0v) is 13.3. The van der Waals surface area contributed by atoms with Crippen LogP contribution in [0.2, 0.25) is 0 Å². The molecule has 2 heterocycles. The normalized spacial score (nSPS) is 17.1. The summed E-state index contributed by atoms with van der Waals surface area (Å²) in [6.07, 6.45) is -0.663. The van der Waals surface area contributed by atoms with Crippen LogP contribution in [0, 0.1) is 0 Å². The molecular weight excluding hydrogens is 315 g/mol. The molecule has 6 heteroatoms. The minimum Gasteiger partial charge on any atom is -0.297 e. The van der Waals surface area contributed by atoms with Gasteiger partial charge < -0.3 is 0 Å². The lowest BCUT2D eigenvalue weighted by atomic mass is 10.1. The molecule has 1 aromatic heterocycles. The molecule has 3 rings (SSSR count). The highest BCUT2D eigenvalue weighted by molar-refractivity contribution is 5.24. The number of hydrogen-bond acceptors (Lipinski definition) is 3. The van der Waals surface area contributed by atoms with Gasteiger partial charge in [0, 0.05) is 51.7 Å². The van der Waals surface area contributed by atoms with Crippen molar-refractivity contribution in [2.24, 2.45) is 0 Å². The maximum atomic E-state index is 12.6. The Labute approximate surface area is 139 Å². The molecule has 3 nitrogen and oxygen atoms in total. The van der Waals surface area contributed by atoms with Crippen LogP contribution >= 0.6 is 0 Å². The highest BCUT2D eigenvalue weighted by Gasteiger charge is 2.30. The summed E-state index contributed by atoms with van der Waals surface area (Å²) in [4.78, 5) is 8.69. The molecule has 1 saturated heterocycles. The predicted octanol–water partition coefficient (Wildman–Crippen LogP) is 3.42. The Bertz CT molecular complexity index is 633. The van der Waals surface area contributed by atoms with Gasteiger partial charge in [0.1, 0.15) is 0 Å². The second-order valence-corrected chi connectivity index (χ2v) is 6.10. The fraction of sp³-hybridized carbons (Fsp3) is 0.389. The quantitative estimate of drug-likeness (QED) is 0.853. The second-order valence-electron chi connectivity index (χ2n) is 6.10. The Morgan fingerprint density at radius 1 is 0.750 bits per heavy atom. The summed E-state index contributed by atoms with van der Waals surface area (Å²) in [6.45, 7) is 5.38. The predicted molar refractivity (Wildman–Crippen MR) is 86.2 cm³/mol. The van der Waals surface area contributed by atoms with E-state index < -0.39 is 11.7 Å². The molecule has 0 bridgehead atoms. The topological polar surface area (TPSA) is 19.4 Å². The first-order valence-electron chi connectivity index (χ1n) is 8.00. The minimum atomic E-state index is -4.27. The molecule has 0 unspecified atom stereocenters. The first-order chi connectivity index (χ1) is 11.5. The number of benzene rings is 1. The van der Waals surface area contributed by atoms with Gasteiger partial charge in [-0.25, -0.2) is 0 Å². The van der Waals surface area contributed by atoms with E-state index in [1.54, 1.807) is 24.5 Å². The standard InChI is InChI=1S/C18H20F3N3/c19-18(20,21)17-3-1-15(2-4-17)13-23-9-11-24(12-10-23)14-16-5-7-22-8-6-16/h1-8H,9-14H2. The third-order valence-electron chi connectivity index (χ3n) is 4.31. The van der Waals surface area contributed by atoms with Gasteiger partial charge in [0.2, 0.25) is 0 Å². The van der Waals surface area contributed by atoms with Gasteiger partial charge >= 0.3 is 6.18 Å². The van der Waals surface area contributed by atoms with Crippen molar-refractivity contribution < 1.29 is 13.2 Å². The SMILES string of the molecule is FC(F)(F)c1ccc(CN2CCN(Cc3ccncc3)CC2)cc1. The highest BCUT2D eigenvalue weighted by Crippen LogP contribution is 2.29. The number of hydrogen-bond donors (Lipinski definition) is 0. The zero-order valence-electron chi connectivity index (χ0n) is 13.3. The van der Waals surface area contributed by atoms with Crippen molar-refractivity contribution in [3.8, 4) is 0 Å². The summed E-state index contributed by atoms with van der Waals surface area (Å²) in [5, 5.41) is 0. The van der Waals surface area contributed by atoms with Crippen molar-refractivity contribution >= 4 is 0 Å². The Balaban J connectivity index is 1.48. The first-order valence-corrected chi connectivity index (χ1v) is 8.00. The Morgan fingerprint density at radius 3 is 1.67 bits per heavy atom. The number of nitrogens with zero attached hydrogens (tertiary/aromatic N) is 3. The summed E-state index contributed by atoms with van der Waals surface area (Å²) >= 11 is 0. The monoisotopic (exact) mass is 335 g/mol. The molecule has 0 saturated carbocycles. The van der Waals surface area contributed by atoms with Crippen molar-refractivity contribution in [3.05, 3.63) is 65.5 Å². The van der Waals surface area contributed by atoms with E-state index >= 15 is 0 Å². The molecule has 0 amide bonds. The fourth-order valence-electron chi connectivity index (χ4n) is 2.91. The number of piperazine rings is 1. The molecular formula is C18H20F3N3. The van der Waals surface area contributed by atoms with Gasteiger partial charge in [0.05, 0.1) is 5.56 Å². The minimum absolute atomic E-state index is 0.589. The van der Waals surface area contributed by atoms with Crippen molar-refractivity contribution in [3.63, 3.8) is 0 Å². The van der Waals surface area contributed by atoms with Gasteiger partial charge in [-0.2, -0.15) is 13.2 Å². The summed E-state index contributed by atoms with van der Waals surface area (Å²) in [7, 11) is 0. The molecule has 1 fully saturated rings. The first kappa shape index (κ1) is 16.9. The van der Waals surface area contributed by atoms with Crippen LogP contribution in [-0.2, 0) is 19.3 Å². The molecule has 128 valence electrons. The molecule has 0 aliphatic carbocycles. The fourth-order valence-corrected chi connectivity index (χ4v) is 2.91. The van der Waals surface area contributed by atoms with E-state index in [2.05, 4.69) is 14.8 Å². The van der Waals surface area contributed by atoms with Crippen molar-refractivity contribution in [1.82, 2.24) is 14.8 Å². The van der Waals surface area contributed by atoms with Gasteiger partial charge in [-0.3, -0.25) is 14.8 Å². The smallest absolute Gasteiger partial charge is 0.297 e. The van der Waals surface area contributed by atoms with Crippen molar-refractivity contribution in [2.45, 2.75) is 19.3 Å². The molecule has 0 radical (unpaired) electrons. The number of halogens is 3. The largest absolute Gasteiger partial charge is 0.416 e. The molecule has 2 aromatic rings. The van der Waals surface area contributed by atoms with E-state index in [4.69, 9.17) is 0 Å². The lowest BCUT2D eigenvalue weighted by molar-refractivity contribution is -0.137. The van der Waals surface area contributed by atoms with E-state index in [-0.39, 0.29) is 0 Å². The van der Waals surface area contributed by atoms with Gasteiger partial charge in [-0.1, -0.05) is 12.1 Å². The van der Waals surface area contributed by atoms with E-state index in [1.807, 2.05) is 12.1 Å². The molecule has 24 heavy (non-hydrogen) atoms. The average Bonchev–Trinajstić information content (AvgIpc) is 2.57. The van der Waals surface area contributed by atoms with Gasteiger partial charge in [0.15, 0.2) is 0 Å².